The number of rotatable bonds is 8. The highest BCUT2D eigenvalue weighted by atomic mass is 35.5. The van der Waals surface area contributed by atoms with Crippen molar-refractivity contribution in [2.45, 2.75) is 64.0 Å². The van der Waals surface area contributed by atoms with Crippen LogP contribution in [0.5, 0.6) is 0 Å². The molecule has 1 saturated heterocycles. The largest absolute Gasteiger partial charge is 0.353 e. The van der Waals surface area contributed by atoms with Crippen LogP contribution in [0.4, 0.5) is 0 Å². The fraction of sp³-hybridized carbons (Fsp3) is 0.640. The Kier molecular flexibility index (Phi) is 9.23. The van der Waals surface area contributed by atoms with Gasteiger partial charge in [-0.2, -0.15) is 0 Å². The van der Waals surface area contributed by atoms with E-state index < -0.39 is 0 Å². The van der Waals surface area contributed by atoms with Crippen molar-refractivity contribution in [1.29, 1.82) is 0 Å². The summed E-state index contributed by atoms with van der Waals surface area (Å²) in [6.07, 6.45) is 12.5. The molecule has 1 N–H and O–H groups in total. The number of halogens is 1. The van der Waals surface area contributed by atoms with E-state index >= 15 is 0 Å². The normalized spacial score (nSPS) is 23.9. The molecule has 2 atom stereocenters. The fourth-order valence-corrected chi connectivity index (χ4v) is 5.27. The summed E-state index contributed by atoms with van der Waals surface area (Å²) in [6, 6.07) is 9.06. The van der Waals surface area contributed by atoms with E-state index in [4.69, 9.17) is 11.6 Å². The molecule has 1 heterocycles. The van der Waals surface area contributed by atoms with Crippen molar-refractivity contribution < 1.29 is 4.79 Å². The van der Waals surface area contributed by atoms with Gasteiger partial charge in [0.05, 0.1) is 0 Å². The fourth-order valence-electron chi connectivity index (χ4n) is 5.07. The van der Waals surface area contributed by atoms with E-state index in [1.54, 1.807) is 12.2 Å². The highest BCUT2D eigenvalue weighted by Gasteiger charge is 2.31. The second kappa shape index (κ2) is 11.9. The van der Waals surface area contributed by atoms with Gasteiger partial charge in [0.1, 0.15) is 0 Å². The second-order valence-corrected chi connectivity index (χ2v) is 9.47. The van der Waals surface area contributed by atoms with Crippen molar-refractivity contribution in [3.63, 3.8) is 0 Å². The lowest BCUT2D eigenvalue weighted by molar-refractivity contribution is -0.116. The van der Waals surface area contributed by atoms with Gasteiger partial charge in [-0.15, -0.1) is 0 Å². The first kappa shape index (κ1) is 23.3. The van der Waals surface area contributed by atoms with Crippen molar-refractivity contribution in [2.75, 3.05) is 33.2 Å². The first-order valence-corrected chi connectivity index (χ1v) is 12.1. The van der Waals surface area contributed by atoms with Crippen LogP contribution in [0.25, 0.3) is 6.08 Å². The van der Waals surface area contributed by atoms with E-state index in [-0.39, 0.29) is 5.91 Å². The predicted octanol–water partition coefficient (Wildman–Crippen LogP) is 4.83. The minimum absolute atomic E-state index is 0.0585. The Labute approximate surface area is 187 Å². The zero-order valence-electron chi connectivity index (χ0n) is 18.7. The van der Waals surface area contributed by atoms with Crippen LogP contribution in [0, 0.1) is 5.92 Å². The van der Waals surface area contributed by atoms with Gasteiger partial charge in [0, 0.05) is 29.7 Å². The molecule has 0 aromatic heterocycles. The molecule has 1 aromatic carbocycles. The summed E-state index contributed by atoms with van der Waals surface area (Å²) >= 11 is 6.11. The van der Waals surface area contributed by atoms with E-state index in [1.165, 1.54) is 51.6 Å². The summed E-state index contributed by atoms with van der Waals surface area (Å²) in [7, 11) is 2.36. The third kappa shape index (κ3) is 6.83. The summed E-state index contributed by atoms with van der Waals surface area (Å²) in [6.45, 7) is 6.57. The molecule has 1 aliphatic carbocycles. The van der Waals surface area contributed by atoms with Crippen LogP contribution < -0.4 is 5.32 Å². The van der Waals surface area contributed by atoms with E-state index in [9.17, 15) is 4.79 Å². The molecular weight excluding hydrogens is 394 g/mol. The highest BCUT2D eigenvalue weighted by molar-refractivity contribution is 6.32. The Bertz CT molecular complexity index is 699. The average molecular weight is 432 g/mol. The van der Waals surface area contributed by atoms with Crippen molar-refractivity contribution in [3.8, 4) is 0 Å². The van der Waals surface area contributed by atoms with Gasteiger partial charge in [-0.05, 0) is 82.4 Å². The SMILES string of the molecule is C[C@@H]1CCCC[C@@H]1N(C)C1CCN(CCCNC(=O)/C=C/c2ccccc2Cl)CC1. The number of likely N-dealkylation sites (tertiary alicyclic amines) is 1. The van der Waals surface area contributed by atoms with Gasteiger partial charge in [0.15, 0.2) is 0 Å². The maximum atomic E-state index is 12.0. The van der Waals surface area contributed by atoms with Crippen LogP contribution in [-0.2, 0) is 4.79 Å². The van der Waals surface area contributed by atoms with Crippen molar-refractivity contribution in [3.05, 3.63) is 40.9 Å². The lowest BCUT2D eigenvalue weighted by Gasteiger charge is -2.44. The molecule has 1 amide bonds. The van der Waals surface area contributed by atoms with Crippen molar-refractivity contribution in [1.82, 2.24) is 15.1 Å². The molecular formula is C25H38ClN3O. The van der Waals surface area contributed by atoms with E-state index in [1.807, 2.05) is 24.3 Å². The summed E-state index contributed by atoms with van der Waals surface area (Å²) in [5.41, 5.74) is 0.866. The summed E-state index contributed by atoms with van der Waals surface area (Å²) in [5.74, 6) is 0.786. The Hall–Kier alpha value is -1.36. The van der Waals surface area contributed by atoms with Crippen LogP contribution in [-0.4, -0.2) is 61.0 Å². The summed E-state index contributed by atoms with van der Waals surface area (Å²) in [5, 5.41) is 3.64. The van der Waals surface area contributed by atoms with Gasteiger partial charge in [0.25, 0.3) is 0 Å². The van der Waals surface area contributed by atoms with E-state index in [0.29, 0.717) is 11.6 Å². The quantitative estimate of drug-likeness (QED) is 0.472. The molecule has 0 spiro atoms. The third-order valence-electron chi connectivity index (χ3n) is 6.99. The van der Waals surface area contributed by atoms with Crippen LogP contribution in [0.1, 0.15) is 57.4 Å². The molecule has 30 heavy (non-hydrogen) atoms. The Morgan fingerprint density at radius 1 is 1.20 bits per heavy atom. The molecule has 2 fully saturated rings. The standard InChI is InChI=1S/C25H38ClN3O/c1-20-8-3-6-11-24(20)28(2)22-14-18-29(19-15-22)17-7-16-27-25(30)13-12-21-9-4-5-10-23(21)26/h4-5,9-10,12-13,20,22,24H,3,6-8,11,14-19H2,1-2H3,(H,27,30)/b13-12+/t20-,24+/m1/s1. The van der Waals surface area contributed by atoms with Gasteiger partial charge in [0.2, 0.25) is 5.91 Å². The number of nitrogens with zero attached hydrogens (tertiary/aromatic N) is 2. The van der Waals surface area contributed by atoms with Crippen LogP contribution in [0.15, 0.2) is 30.3 Å². The number of hydrogen-bond donors (Lipinski definition) is 1. The van der Waals surface area contributed by atoms with Crippen molar-refractivity contribution >= 4 is 23.6 Å². The average Bonchev–Trinajstić information content (AvgIpc) is 2.76. The lowest BCUT2D eigenvalue weighted by Crippen LogP contribution is -2.50. The summed E-state index contributed by atoms with van der Waals surface area (Å²) < 4.78 is 0. The number of piperidine rings is 1. The molecule has 3 rings (SSSR count). The second-order valence-electron chi connectivity index (χ2n) is 9.07. The Morgan fingerprint density at radius 2 is 1.93 bits per heavy atom. The molecule has 4 nitrogen and oxygen atoms in total. The number of hydrogen-bond acceptors (Lipinski definition) is 3. The lowest BCUT2D eigenvalue weighted by atomic mass is 9.84. The molecule has 0 radical (unpaired) electrons. The molecule has 0 bridgehead atoms. The first-order chi connectivity index (χ1) is 14.5. The number of benzene rings is 1. The topological polar surface area (TPSA) is 35.6 Å². The minimum Gasteiger partial charge on any atom is -0.353 e. The Morgan fingerprint density at radius 3 is 2.67 bits per heavy atom. The number of amides is 1. The third-order valence-corrected chi connectivity index (χ3v) is 7.34. The molecule has 5 heteroatoms. The minimum atomic E-state index is -0.0585. The number of carbonyl (C=O) groups excluding carboxylic acids is 1. The molecule has 2 aliphatic rings. The van der Waals surface area contributed by atoms with Crippen LogP contribution in [0.2, 0.25) is 5.02 Å². The van der Waals surface area contributed by atoms with Gasteiger partial charge in [-0.3, -0.25) is 4.79 Å². The molecule has 1 saturated carbocycles. The molecule has 1 aliphatic heterocycles. The van der Waals surface area contributed by atoms with Gasteiger partial charge in [-0.1, -0.05) is 49.6 Å². The molecule has 0 unspecified atom stereocenters. The zero-order valence-corrected chi connectivity index (χ0v) is 19.4. The van der Waals surface area contributed by atoms with Gasteiger partial charge < -0.3 is 15.1 Å². The number of nitrogens with one attached hydrogen (secondary N) is 1. The van der Waals surface area contributed by atoms with Crippen LogP contribution >= 0.6 is 11.6 Å². The Balaban J connectivity index is 1.30. The maximum Gasteiger partial charge on any atom is 0.244 e. The molecule has 1 aromatic rings. The maximum absolute atomic E-state index is 12.0. The first-order valence-electron chi connectivity index (χ1n) is 11.7. The van der Waals surface area contributed by atoms with E-state index in [0.717, 1.165) is 36.5 Å². The van der Waals surface area contributed by atoms with Crippen molar-refractivity contribution in [2.24, 2.45) is 5.92 Å². The van der Waals surface area contributed by atoms with Crippen LogP contribution in [0.3, 0.4) is 0 Å². The summed E-state index contributed by atoms with van der Waals surface area (Å²) in [4.78, 5) is 17.3. The van der Waals surface area contributed by atoms with Gasteiger partial charge in [-0.25, -0.2) is 0 Å². The van der Waals surface area contributed by atoms with Gasteiger partial charge >= 0.3 is 0 Å². The monoisotopic (exact) mass is 431 g/mol. The highest BCUT2D eigenvalue weighted by Crippen LogP contribution is 2.30. The zero-order chi connectivity index (χ0) is 21.3. The molecule has 166 valence electrons. The smallest absolute Gasteiger partial charge is 0.244 e. The van der Waals surface area contributed by atoms with E-state index in [2.05, 4.69) is 29.1 Å². The number of carbonyl (C=O) groups is 1. The predicted molar refractivity (Wildman–Crippen MR) is 127 cm³/mol.